The lowest BCUT2D eigenvalue weighted by molar-refractivity contribution is 0.112. The van der Waals surface area contributed by atoms with Gasteiger partial charge in [-0.15, -0.1) is 11.3 Å². The Bertz CT molecular complexity index is 932. The Hall–Kier alpha value is -1.76. The Balaban J connectivity index is 1.45. The number of rotatable bonds is 13. The first-order chi connectivity index (χ1) is 16.8. The number of nitrogens with zero attached hydrogens (tertiary/aromatic N) is 2. The van der Waals surface area contributed by atoms with Crippen LogP contribution in [0.15, 0.2) is 18.2 Å². The third-order valence-electron chi connectivity index (χ3n) is 7.39. The first-order valence-electron chi connectivity index (χ1n) is 13.1. The second-order valence-electron chi connectivity index (χ2n) is 10.6. The molecule has 0 aliphatic carbocycles. The lowest BCUT2D eigenvalue weighted by Gasteiger charge is -2.36. The Kier molecular flexibility index (Phi) is 10.3. The average Bonchev–Trinajstić information content (AvgIpc) is 3.21. The number of hydrogen-bond donors (Lipinski definition) is 0. The summed E-state index contributed by atoms with van der Waals surface area (Å²) in [6, 6.07) is 6.53. The Morgan fingerprint density at radius 3 is 2.17 bits per heavy atom. The number of methoxy groups -OCH3 is 3. The van der Waals surface area contributed by atoms with Gasteiger partial charge in [0.25, 0.3) is 0 Å². The molecular formula is C29H46N2O3S. The van der Waals surface area contributed by atoms with E-state index in [-0.39, 0.29) is 0 Å². The standard InChI is InChI=1S/C29H46N2O3S/c1-8-9-23-20-25(35-22(23)2)12-13-29(3,4)14-15-30-16-18-31(19-17-30)21-24-10-11-26(32-5)28(34-7)27(24)33-6/h10-11,20H,8-9,12-19,21H2,1-7H3. The summed E-state index contributed by atoms with van der Waals surface area (Å²) in [5.74, 6) is 2.16. The van der Waals surface area contributed by atoms with Gasteiger partial charge in [-0.2, -0.15) is 0 Å². The van der Waals surface area contributed by atoms with E-state index in [2.05, 4.69) is 49.6 Å². The normalized spacial score (nSPS) is 15.4. The summed E-state index contributed by atoms with van der Waals surface area (Å²) in [4.78, 5) is 8.23. The predicted molar refractivity (Wildman–Crippen MR) is 148 cm³/mol. The fourth-order valence-corrected chi connectivity index (χ4v) is 6.07. The molecule has 5 nitrogen and oxygen atoms in total. The first kappa shape index (κ1) is 27.8. The number of hydrogen-bond acceptors (Lipinski definition) is 6. The number of thiophene rings is 1. The van der Waals surface area contributed by atoms with E-state index in [1.54, 1.807) is 31.8 Å². The molecule has 0 bridgehead atoms. The van der Waals surface area contributed by atoms with Crippen molar-refractivity contribution < 1.29 is 14.2 Å². The highest BCUT2D eigenvalue weighted by Crippen LogP contribution is 2.40. The van der Waals surface area contributed by atoms with Crippen molar-refractivity contribution in [3.8, 4) is 17.2 Å². The zero-order valence-corrected chi connectivity index (χ0v) is 23.9. The third-order valence-corrected chi connectivity index (χ3v) is 8.54. The molecule has 0 amide bonds. The van der Waals surface area contributed by atoms with Gasteiger partial charge >= 0.3 is 0 Å². The van der Waals surface area contributed by atoms with Crippen molar-refractivity contribution in [2.24, 2.45) is 5.41 Å². The third kappa shape index (κ3) is 7.61. The summed E-state index contributed by atoms with van der Waals surface area (Å²) in [6.45, 7) is 15.9. The molecule has 1 aliphatic rings. The molecular weight excluding hydrogens is 456 g/mol. The fourth-order valence-electron chi connectivity index (χ4n) is 4.98. The molecule has 1 aliphatic heterocycles. The maximum atomic E-state index is 5.68. The van der Waals surface area contributed by atoms with Crippen LogP contribution < -0.4 is 14.2 Å². The van der Waals surface area contributed by atoms with Gasteiger partial charge in [0.2, 0.25) is 5.75 Å². The fraction of sp³-hybridized carbons (Fsp3) is 0.655. The minimum absolute atomic E-state index is 0.368. The molecule has 0 spiro atoms. The van der Waals surface area contributed by atoms with Crippen molar-refractivity contribution in [3.05, 3.63) is 39.1 Å². The van der Waals surface area contributed by atoms with Crippen LogP contribution in [0.1, 0.15) is 60.9 Å². The zero-order valence-electron chi connectivity index (χ0n) is 23.0. The van der Waals surface area contributed by atoms with Crippen LogP contribution in [0.25, 0.3) is 0 Å². The zero-order chi connectivity index (χ0) is 25.4. The molecule has 1 saturated heterocycles. The second-order valence-corrected chi connectivity index (χ2v) is 11.9. The molecule has 35 heavy (non-hydrogen) atoms. The van der Waals surface area contributed by atoms with Crippen LogP contribution in [-0.4, -0.2) is 63.9 Å². The molecule has 1 aromatic carbocycles. The summed E-state index contributed by atoms with van der Waals surface area (Å²) < 4.78 is 16.7. The van der Waals surface area contributed by atoms with Gasteiger partial charge in [0.15, 0.2) is 11.5 Å². The SMILES string of the molecule is CCCc1cc(CCC(C)(C)CCN2CCN(Cc3ccc(OC)c(OC)c3OC)CC2)sc1C. The molecule has 6 heteroatoms. The van der Waals surface area contributed by atoms with E-state index in [1.807, 2.05) is 17.4 Å². The monoisotopic (exact) mass is 502 g/mol. The molecule has 1 aromatic heterocycles. The summed E-state index contributed by atoms with van der Waals surface area (Å²) >= 11 is 2.01. The van der Waals surface area contributed by atoms with Crippen LogP contribution in [0.3, 0.4) is 0 Å². The van der Waals surface area contributed by atoms with Crippen molar-refractivity contribution in [1.29, 1.82) is 0 Å². The van der Waals surface area contributed by atoms with Gasteiger partial charge in [-0.3, -0.25) is 4.90 Å². The second kappa shape index (κ2) is 13.0. The summed E-state index contributed by atoms with van der Waals surface area (Å²) in [6.07, 6.45) is 6.18. The van der Waals surface area contributed by atoms with E-state index in [1.165, 1.54) is 43.5 Å². The molecule has 2 heterocycles. The van der Waals surface area contributed by atoms with E-state index < -0.39 is 0 Å². The van der Waals surface area contributed by atoms with E-state index in [9.17, 15) is 0 Å². The largest absolute Gasteiger partial charge is 0.493 e. The van der Waals surface area contributed by atoms with Crippen LogP contribution in [0.5, 0.6) is 17.2 Å². The number of ether oxygens (including phenoxy) is 3. The van der Waals surface area contributed by atoms with E-state index in [4.69, 9.17) is 14.2 Å². The highest BCUT2D eigenvalue weighted by atomic mass is 32.1. The van der Waals surface area contributed by atoms with Crippen LogP contribution in [0.4, 0.5) is 0 Å². The molecule has 1 fully saturated rings. The van der Waals surface area contributed by atoms with Gasteiger partial charge < -0.3 is 19.1 Å². The molecule has 0 N–H and O–H groups in total. The highest BCUT2D eigenvalue weighted by Gasteiger charge is 2.24. The van der Waals surface area contributed by atoms with E-state index in [0.717, 1.165) is 44.0 Å². The topological polar surface area (TPSA) is 34.2 Å². The Labute approximate surface area is 217 Å². The molecule has 3 rings (SSSR count). The summed E-state index contributed by atoms with van der Waals surface area (Å²) in [5.41, 5.74) is 3.08. The molecule has 0 unspecified atom stereocenters. The highest BCUT2D eigenvalue weighted by molar-refractivity contribution is 7.12. The van der Waals surface area contributed by atoms with Gasteiger partial charge in [0.1, 0.15) is 0 Å². The molecule has 2 aromatic rings. The Morgan fingerprint density at radius 2 is 1.54 bits per heavy atom. The minimum Gasteiger partial charge on any atom is -0.493 e. The maximum absolute atomic E-state index is 5.68. The Morgan fingerprint density at radius 1 is 0.857 bits per heavy atom. The number of benzene rings is 1. The molecule has 0 atom stereocenters. The quantitative estimate of drug-likeness (QED) is 0.326. The van der Waals surface area contributed by atoms with Crippen LogP contribution >= 0.6 is 11.3 Å². The maximum Gasteiger partial charge on any atom is 0.203 e. The van der Waals surface area contributed by atoms with Crippen molar-refractivity contribution >= 4 is 11.3 Å². The van der Waals surface area contributed by atoms with Crippen molar-refractivity contribution in [2.75, 3.05) is 54.1 Å². The average molecular weight is 503 g/mol. The predicted octanol–water partition coefficient (Wildman–Crippen LogP) is 6.20. The smallest absolute Gasteiger partial charge is 0.203 e. The number of aryl methyl sites for hydroxylation is 3. The lowest BCUT2D eigenvalue weighted by atomic mass is 9.84. The van der Waals surface area contributed by atoms with Gasteiger partial charge in [-0.1, -0.05) is 33.3 Å². The summed E-state index contributed by atoms with van der Waals surface area (Å²) in [7, 11) is 5.02. The van der Waals surface area contributed by atoms with Crippen molar-refractivity contribution in [1.82, 2.24) is 9.80 Å². The first-order valence-corrected chi connectivity index (χ1v) is 13.9. The van der Waals surface area contributed by atoms with Crippen LogP contribution in [0.2, 0.25) is 0 Å². The van der Waals surface area contributed by atoms with Gasteiger partial charge in [-0.05, 0) is 62.3 Å². The van der Waals surface area contributed by atoms with Gasteiger partial charge in [0, 0.05) is 48.0 Å². The van der Waals surface area contributed by atoms with Gasteiger partial charge in [-0.25, -0.2) is 0 Å². The van der Waals surface area contributed by atoms with Crippen LogP contribution in [0, 0.1) is 12.3 Å². The molecule has 0 radical (unpaired) electrons. The minimum atomic E-state index is 0.368. The molecule has 0 saturated carbocycles. The van der Waals surface area contributed by atoms with E-state index in [0.29, 0.717) is 16.9 Å². The van der Waals surface area contributed by atoms with Crippen LogP contribution in [-0.2, 0) is 19.4 Å². The summed E-state index contributed by atoms with van der Waals surface area (Å²) in [5, 5.41) is 0. The van der Waals surface area contributed by atoms with Crippen molar-refractivity contribution in [2.45, 2.75) is 66.3 Å². The van der Waals surface area contributed by atoms with Crippen molar-refractivity contribution in [3.63, 3.8) is 0 Å². The molecule has 196 valence electrons. The lowest BCUT2D eigenvalue weighted by Crippen LogP contribution is -2.46. The van der Waals surface area contributed by atoms with E-state index >= 15 is 0 Å². The number of piperazine rings is 1. The van der Waals surface area contributed by atoms with Gasteiger partial charge in [0.05, 0.1) is 21.3 Å².